The number of hydrogen-bond donors (Lipinski definition) is 1. The van der Waals surface area contributed by atoms with E-state index in [2.05, 4.69) is 43.1 Å². The van der Waals surface area contributed by atoms with E-state index in [9.17, 15) is 0 Å². The molecule has 0 amide bonds. The van der Waals surface area contributed by atoms with E-state index < -0.39 is 0 Å². The molecule has 88 valence electrons. The third kappa shape index (κ3) is 3.95. The van der Waals surface area contributed by atoms with E-state index in [0.29, 0.717) is 12.1 Å². The highest BCUT2D eigenvalue weighted by molar-refractivity contribution is 7.80. The number of rotatable bonds is 2. The first-order valence-corrected chi connectivity index (χ1v) is 6.13. The molecule has 1 rings (SSSR count). The van der Waals surface area contributed by atoms with Crippen molar-refractivity contribution in [2.24, 2.45) is 0 Å². The summed E-state index contributed by atoms with van der Waals surface area (Å²) in [6, 6.07) is 1.03. The summed E-state index contributed by atoms with van der Waals surface area (Å²) in [7, 11) is 4.29. The van der Waals surface area contributed by atoms with E-state index in [1.807, 2.05) is 0 Å². The van der Waals surface area contributed by atoms with Crippen molar-refractivity contribution in [1.29, 1.82) is 0 Å². The highest BCUT2D eigenvalue weighted by Gasteiger charge is 2.22. The van der Waals surface area contributed by atoms with Gasteiger partial charge in [0.2, 0.25) is 0 Å². The molecular formula is C11H23N3S. The lowest BCUT2D eigenvalue weighted by Gasteiger charge is -2.36. The standard InChI is InChI=1S/C11H23N3S/c1-9(2)12-11(15)14(4)10-5-7-13(3)8-6-10/h9-10H,5-8H2,1-4H3,(H,12,15). The molecular weight excluding hydrogens is 206 g/mol. The third-order valence-electron chi connectivity index (χ3n) is 2.97. The summed E-state index contributed by atoms with van der Waals surface area (Å²) in [6.45, 7) is 6.60. The zero-order valence-corrected chi connectivity index (χ0v) is 11.1. The minimum Gasteiger partial charge on any atom is -0.360 e. The predicted molar refractivity (Wildman–Crippen MR) is 69.2 cm³/mol. The number of thiocarbonyl (C=S) groups is 1. The Morgan fingerprint density at radius 1 is 1.40 bits per heavy atom. The van der Waals surface area contributed by atoms with Gasteiger partial charge in [0.05, 0.1) is 0 Å². The fourth-order valence-corrected chi connectivity index (χ4v) is 2.28. The van der Waals surface area contributed by atoms with Gasteiger partial charge in [-0.05, 0) is 59.0 Å². The van der Waals surface area contributed by atoms with Crippen molar-refractivity contribution in [2.75, 3.05) is 27.2 Å². The molecule has 0 saturated carbocycles. The SMILES string of the molecule is CC(C)NC(=S)N(C)C1CCN(C)CC1. The molecule has 1 aliphatic rings. The summed E-state index contributed by atoms with van der Waals surface area (Å²) in [6.07, 6.45) is 2.43. The molecule has 15 heavy (non-hydrogen) atoms. The molecule has 0 unspecified atom stereocenters. The second kappa shape index (κ2) is 5.66. The van der Waals surface area contributed by atoms with Crippen LogP contribution < -0.4 is 5.32 Å². The van der Waals surface area contributed by atoms with Crippen LogP contribution in [0.15, 0.2) is 0 Å². The van der Waals surface area contributed by atoms with Crippen LogP contribution in [-0.4, -0.2) is 54.2 Å². The Bertz CT molecular complexity index is 210. The van der Waals surface area contributed by atoms with Crippen LogP contribution >= 0.6 is 12.2 Å². The van der Waals surface area contributed by atoms with Gasteiger partial charge >= 0.3 is 0 Å². The molecule has 0 aromatic heterocycles. The Hall–Kier alpha value is -0.350. The van der Waals surface area contributed by atoms with E-state index in [-0.39, 0.29) is 0 Å². The van der Waals surface area contributed by atoms with Gasteiger partial charge in [-0.3, -0.25) is 0 Å². The van der Waals surface area contributed by atoms with Crippen molar-refractivity contribution in [3.63, 3.8) is 0 Å². The summed E-state index contributed by atoms with van der Waals surface area (Å²) < 4.78 is 0. The molecule has 1 fully saturated rings. The van der Waals surface area contributed by atoms with Gasteiger partial charge in [-0.1, -0.05) is 0 Å². The van der Waals surface area contributed by atoms with Crippen molar-refractivity contribution < 1.29 is 0 Å². The zero-order chi connectivity index (χ0) is 11.4. The van der Waals surface area contributed by atoms with Crippen LogP contribution in [0.2, 0.25) is 0 Å². The van der Waals surface area contributed by atoms with E-state index in [1.54, 1.807) is 0 Å². The highest BCUT2D eigenvalue weighted by Crippen LogP contribution is 2.14. The lowest BCUT2D eigenvalue weighted by atomic mass is 10.0. The molecule has 0 aromatic rings. The average molecular weight is 229 g/mol. The van der Waals surface area contributed by atoms with Gasteiger partial charge in [0.15, 0.2) is 5.11 Å². The minimum atomic E-state index is 0.422. The first-order chi connectivity index (χ1) is 7.00. The maximum Gasteiger partial charge on any atom is 0.169 e. The van der Waals surface area contributed by atoms with Gasteiger partial charge in [-0.2, -0.15) is 0 Å². The maximum absolute atomic E-state index is 5.36. The number of likely N-dealkylation sites (tertiary alicyclic amines) is 1. The minimum absolute atomic E-state index is 0.422. The topological polar surface area (TPSA) is 18.5 Å². The van der Waals surface area contributed by atoms with Crippen LogP contribution in [-0.2, 0) is 0 Å². The molecule has 1 N–H and O–H groups in total. The number of nitrogens with one attached hydrogen (secondary N) is 1. The highest BCUT2D eigenvalue weighted by atomic mass is 32.1. The van der Waals surface area contributed by atoms with E-state index in [0.717, 1.165) is 5.11 Å². The lowest BCUT2D eigenvalue weighted by molar-refractivity contribution is 0.191. The second-order valence-electron chi connectivity index (χ2n) is 4.75. The summed E-state index contributed by atoms with van der Waals surface area (Å²) in [5.74, 6) is 0. The largest absolute Gasteiger partial charge is 0.360 e. The molecule has 0 bridgehead atoms. The third-order valence-corrected chi connectivity index (χ3v) is 3.37. The monoisotopic (exact) mass is 229 g/mol. The molecule has 0 aliphatic carbocycles. The van der Waals surface area contributed by atoms with Crippen molar-refractivity contribution in [1.82, 2.24) is 15.1 Å². The Morgan fingerprint density at radius 3 is 2.40 bits per heavy atom. The fraction of sp³-hybridized carbons (Fsp3) is 0.909. The van der Waals surface area contributed by atoms with Crippen LogP contribution in [0, 0.1) is 0 Å². The quantitative estimate of drug-likeness (QED) is 0.719. The van der Waals surface area contributed by atoms with Crippen LogP contribution in [0.1, 0.15) is 26.7 Å². The second-order valence-corrected chi connectivity index (χ2v) is 5.14. The Morgan fingerprint density at radius 2 is 1.93 bits per heavy atom. The molecule has 3 nitrogen and oxygen atoms in total. The molecule has 0 aromatic carbocycles. The molecule has 4 heteroatoms. The average Bonchev–Trinajstić information content (AvgIpc) is 2.17. The van der Waals surface area contributed by atoms with Crippen LogP contribution in [0.3, 0.4) is 0 Å². The van der Waals surface area contributed by atoms with Gasteiger partial charge in [0.1, 0.15) is 0 Å². The van der Waals surface area contributed by atoms with Gasteiger partial charge in [-0.15, -0.1) is 0 Å². The van der Waals surface area contributed by atoms with Crippen LogP contribution in [0.5, 0.6) is 0 Å². The number of hydrogen-bond acceptors (Lipinski definition) is 2. The summed E-state index contributed by atoms with van der Waals surface area (Å²) in [5, 5.41) is 4.18. The first kappa shape index (κ1) is 12.7. The smallest absolute Gasteiger partial charge is 0.169 e. The zero-order valence-electron chi connectivity index (χ0n) is 10.3. The summed E-state index contributed by atoms with van der Waals surface area (Å²) in [4.78, 5) is 4.60. The van der Waals surface area contributed by atoms with Gasteiger partial charge in [0, 0.05) is 19.1 Å². The van der Waals surface area contributed by atoms with Crippen molar-refractivity contribution in [3.05, 3.63) is 0 Å². The summed E-state index contributed by atoms with van der Waals surface area (Å²) >= 11 is 5.36. The van der Waals surface area contributed by atoms with E-state index in [4.69, 9.17) is 12.2 Å². The number of piperidine rings is 1. The molecule has 0 radical (unpaired) electrons. The molecule has 0 atom stereocenters. The van der Waals surface area contributed by atoms with Crippen LogP contribution in [0.4, 0.5) is 0 Å². The predicted octanol–water partition coefficient (Wildman–Crippen LogP) is 1.30. The Labute approximate surface area is 98.8 Å². The summed E-state index contributed by atoms with van der Waals surface area (Å²) in [5.41, 5.74) is 0. The molecule has 0 spiro atoms. The Balaban J connectivity index is 2.39. The van der Waals surface area contributed by atoms with Crippen molar-refractivity contribution in [3.8, 4) is 0 Å². The fourth-order valence-electron chi connectivity index (χ4n) is 1.90. The van der Waals surface area contributed by atoms with Gasteiger partial charge < -0.3 is 15.1 Å². The van der Waals surface area contributed by atoms with E-state index >= 15 is 0 Å². The van der Waals surface area contributed by atoms with Gasteiger partial charge in [0.25, 0.3) is 0 Å². The normalized spacial score (nSPS) is 19.3. The number of nitrogens with zero attached hydrogens (tertiary/aromatic N) is 2. The maximum atomic E-state index is 5.36. The van der Waals surface area contributed by atoms with Crippen LogP contribution in [0.25, 0.3) is 0 Å². The first-order valence-electron chi connectivity index (χ1n) is 5.72. The molecule has 1 saturated heterocycles. The lowest BCUT2D eigenvalue weighted by Crippen LogP contribution is -2.49. The van der Waals surface area contributed by atoms with Crippen molar-refractivity contribution in [2.45, 2.75) is 38.8 Å². The molecule has 1 aliphatic heterocycles. The van der Waals surface area contributed by atoms with Crippen molar-refractivity contribution >= 4 is 17.3 Å². The van der Waals surface area contributed by atoms with E-state index in [1.165, 1.54) is 25.9 Å². The molecule has 1 heterocycles. The Kier molecular flexibility index (Phi) is 4.80. The van der Waals surface area contributed by atoms with Gasteiger partial charge in [-0.25, -0.2) is 0 Å².